The lowest BCUT2D eigenvalue weighted by atomic mass is 10.2. The van der Waals surface area contributed by atoms with E-state index in [1.165, 1.54) is 10.9 Å². The number of hydrogen-bond donors (Lipinski definition) is 1. The number of nitrogens with two attached hydrogens (primary N) is 1. The lowest BCUT2D eigenvalue weighted by Crippen LogP contribution is -2.18. The van der Waals surface area contributed by atoms with E-state index in [0.717, 1.165) is 11.3 Å². The van der Waals surface area contributed by atoms with Crippen molar-refractivity contribution >= 4 is 17.1 Å². The van der Waals surface area contributed by atoms with Crippen LogP contribution in [0.4, 0.5) is 0 Å². The van der Waals surface area contributed by atoms with Crippen LogP contribution in [-0.2, 0) is 0 Å². The fourth-order valence-corrected chi connectivity index (χ4v) is 2.06. The Morgan fingerprint density at radius 3 is 2.60 bits per heavy atom. The molecule has 0 bridgehead atoms. The molecule has 2 N–H and O–H groups in total. The molecular weight excluding hydrogens is 252 g/mol. The number of para-hydroxylation sites is 1. The molecule has 0 atom stereocenters. The van der Waals surface area contributed by atoms with Crippen molar-refractivity contribution < 1.29 is 0 Å². The SMILES string of the molecule is NN=Cc1ccc(-n2cnc3ccccc3c2=O)cc1. The molecule has 0 aliphatic rings. The molecule has 0 aliphatic heterocycles. The Hall–Kier alpha value is -2.95. The molecule has 5 nitrogen and oxygen atoms in total. The van der Waals surface area contributed by atoms with Crippen molar-refractivity contribution in [3.63, 3.8) is 0 Å². The number of aromatic nitrogens is 2. The van der Waals surface area contributed by atoms with Gasteiger partial charge in [0.1, 0.15) is 6.33 Å². The number of rotatable bonds is 2. The average Bonchev–Trinajstić information content (AvgIpc) is 2.49. The third kappa shape index (κ3) is 2.05. The molecule has 0 spiro atoms. The van der Waals surface area contributed by atoms with Gasteiger partial charge in [0, 0.05) is 0 Å². The fraction of sp³-hybridized carbons (Fsp3) is 0. The molecule has 0 amide bonds. The van der Waals surface area contributed by atoms with Crippen LogP contribution in [0.5, 0.6) is 0 Å². The first kappa shape index (κ1) is 12.1. The van der Waals surface area contributed by atoms with Gasteiger partial charge in [0.15, 0.2) is 0 Å². The molecule has 20 heavy (non-hydrogen) atoms. The highest BCUT2D eigenvalue weighted by Gasteiger charge is 2.04. The zero-order chi connectivity index (χ0) is 13.9. The Morgan fingerprint density at radius 1 is 1.10 bits per heavy atom. The van der Waals surface area contributed by atoms with Crippen LogP contribution in [-0.4, -0.2) is 15.8 Å². The summed E-state index contributed by atoms with van der Waals surface area (Å²) in [7, 11) is 0. The van der Waals surface area contributed by atoms with E-state index in [1.807, 2.05) is 42.5 Å². The molecule has 5 heteroatoms. The molecule has 0 saturated carbocycles. The van der Waals surface area contributed by atoms with Crippen molar-refractivity contribution in [3.05, 3.63) is 70.8 Å². The summed E-state index contributed by atoms with van der Waals surface area (Å²) in [6.07, 6.45) is 3.09. The van der Waals surface area contributed by atoms with Gasteiger partial charge in [0.05, 0.1) is 22.8 Å². The smallest absolute Gasteiger partial charge is 0.265 e. The number of benzene rings is 2. The van der Waals surface area contributed by atoms with Crippen LogP contribution in [0, 0.1) is 0 Å². The number of nitrogens with zero attached hydrogens (tertiary/aromatic N) is 3. The molecule has 1 aromatic heterocycles. The van der Waals surface area contributed by atoms with Gasteiger partial charge >= 0.3 is 0 Å². The van der Waals surface area contributed by atoms with Gasteiger partial charge in [-0.05, 0) is 29.8 Å². The molecule has 3 rings (SSSR count). The molecule has 1 heterocycles. The Morgan fingerprint density at radius 2 is 1.85 bits per heavy atom. The van der Waals surface area contributed by atoms with Crippen molar-refractivity contribution in [2.24, 2.45) is 10.9 Å². The average molecular weight is 264 g/mol. The van der Waals surface area contributed by atoms with Gasteiger partial charge in [-0.25, -0.2) is 4.98 Å². The van der Waals surface area contributed by atoms with Crippen molar-refractivity contribution in [2.75, 3.05) is 0 Å². The molecule has 0 aliphatic carbocycles. The van der Waals surface area contributed by atoms with Gasteiger partial charge < -0.3 is 5.84 Å². The second-order valence-electron chi connectivity index (χ2n) is 4.31. The Bertz CT molecular complexity index is 834. The third-order valence-corrected chi connectivity index (χ3v) is 3.06. The van der Waals surface area contributed by atoms with E-state index in [9.17, 15) is 4.79 Å². The van der Waals surface area contributed by atoms with Crippen LogP contribution in [0.15, 0.2) is 64.8 Å². The largest absolute Gasteiger partial charge is 0.323 e. The summed E-state index contributed by atoms with van der Waals surface area (Å²) in [5.41, 5.74) is 2.23. The molecule has 98 valence electrons. The Balaban J connectivity index is 2.14. The normalized spacial score (nSPS) is 11.2. The summed E-state index contributed by atoms with van der Waals surface area (Å²) in [6.45, 7) is 0. The highest BCUT2D eigenvalue weighted by molar-refractivity contribution is 5.80. The van der Waals surface area contributed by atoms with Crippen molar-refractivity contribution in [2.45, 2.75) is 0 Å². The number of hydrogen-bond acceptors (Lipinski definition) is 4. The van der Waals surface area contributed by atoms with Crippen molar-refractivity contribution in [1.29, 1.82) is 0 Å². The quantitative estimate of drug-likeness (QED) is 0.435. The van der Waals surface area contributed by atoms with E-state index >= 15 is 0 Å². The van der Waals surface area contributed by atoms with Gasteiger partial charge in [-0.2, -0.15) is 5.10 Å². The lowest BCUT2D eigenvalue weighted by molar-refractivity contribution is 0.963. The highest BCUT2D eigenvalue weighted by atomic mass is 16.1. The zero-order valence-corrected chi connectivity index (χ0v) is 10.6. The summed E-state index contributed by atoms with van der Waals surface area (Å²) in [4.78, 5) is 16.7. The van der Waals surface area contributed by atoms with E-state index in [0.29, 0.717) is 10.9 Å². The minimum atomic E-state index is -0.0872. The van der Waals surface area contributed by atoms with Crippen molar-refractivity contribution in [1.82, 2.24) is 9.55 Å². The van der Waals surface area contributed by atoms with E-state index in [-0.39, 0.29) is 5.56 Å². The van der Waals surface area contributed by atoms with Crippen molar-refractivity contribution in [3.8, 4) is 5.69 Å². The van der Waals surface area contributed by atoms with Crippen LogP contribution in [0.2, 0.25) is 0 Å². The third-order valence-electron chi connectivity index (χ3n) is 3.06. The van der Waals surface area contributed by atoms with Gasteiger partial charge in [0.25, 0.3) is 5.56 Å². The summed E-state index contributed by atoms with van der Waals surface area (Å²) in [6, 6.07) is 14.6. The monoisotopic (exact) mass is 264 g/mol. The summed E-state index contributed by atoms with van der Waals surface area (Å²) in [5.74, 6) is 5.10. The molecular formula is C15H12N4O. The molecule has 0 saturated heterocycles. The zero-order valence-electron chi connectivity index (χ0n) is 10.6. The second kappa shape index (κ2) is 4.97. The number of hydrazone groups is 1. The topological polar surface area (TPSA) is 73.3 Å². The molecule has 0 radical (unpaired) electrons. The van der Waals surface area contributed by atoms with Crippen LogP contribution in [0.1, 0.15) is 5.56 Å². The van der Waals surface area contributed by atoms with E-state index in [2.05, 4.69) is 10.1 Å². The standard InChI is InChI=1S/C15H12N4O/c16-18-9-11-5-7-12(8-6-11)19-10-17-14-4-2-1-3-13(14)15(19)20/h1-10H,16H2. The number of fused-ring (bicyclic) bond motifs is 1. The summed E-state index contributed by atoms with van der Waals surface area (Å²) in [5, 5.41) is 4.06. The van der Waals surface area contributed by atoms with Gasteiger partial charge in [0.2, 0.25) is 0 Å². The minimum Gasteiger partial charge on any atom is -0.323 e. The van der Waals surface area contributed by atoms with Gasteiger partial charge in [-0.3, -0.25) is 9.36 Å². The maximum atomic E-state index is 12.4. The van der Waals surface area contributed by atoms with E-state index in [1.54, 1.807) is 12.3 Å². The first-order valence-electron chi connectivity index (χ1n) is 6.10. The molecule has 0 fully saturated rings. The van der Waals surface area contributed by atoms with Crippen LogP contribution in [0.3, 0.4) is 0 Å². The van der Waals surface area contributed by atoms with E-state index in [4.69, 9.17) is 5.84 Å². The fourth-order valence-electron chi connectivity index (χ4n) is 2.06. The predicted octanol–water partition coefficient (Wildman–Crippen LogP) is 1.68. The maximum absolute atomic E-state index is 12.4. The first-order valence-corrected chi connectivity index (χ1v) is 6.10. The van der Waals surface area contributed by atoms with Crippen LogP contribution in [0.25, 0.3) is 16.6 Å². The summed E-state index contributed by atoms with van der Waals surface area (Å²) < 4.78 is 1.52. The lowest BCUT2D eigenvalue weighted by Gasteiger charge is -2.06. The van der Waals surface area contributed by atoms with Crippen LogP contribution < -0.4 is 11.4 Å². The Labute approximate surface area is 115 Å². The van der Waals surface area contributed by atoms with E-state index < -0.39 is 0 Å². The maximum Gasteiger partial charge on any atom is 0.265 e. The molecule has 0 unspecified atom stereocenters. The minimum absolute atomic E-state index is 0.0872. The summed E-state index contributed by atoms with van der Waals surface area (Å²) >= 11 is 0. The second-order valence-corrected chi connectivity index (χ2v) is 4.31. The highest BCUT2D eigenvalue weighted by Crippen LogP contribution is 2.10. The Kier molecular flexibility index (Phi) is 3.01. The van der Waals surface area contributed by atoms with Crippen LogP contribution >= 0.6 is 0 Å². The molecule has 2 aromatic carbocycles. The van der Waals surface area contributed by atoms with Gasteiger partial charge in [-0.15, -0.1) is 0 Å². The molecule has 3 aromatic rings. The van der Waals surface area contributed by atoms with Gasteiger partial charge in [-0.1, -0.05) is 24.3 Å². The predicted molar refractivity (Wildman–Crippen MR) is 79.1 cm³/mol. The first-order chi connectivity index (χ1) is 9.79.